The van der Waals surface area contributed by atoms with Crippen molar-refractivity contribution in [1.82, 2.24) is 9.97 Å². The van der Waals surface area contributed by atoms with Crippen LogP contribution in [-0.4, -0.2) is 30.1 Å². The largest absolute Gasteiger partial charge is 0.373 e. The summed E-state index contributed by atoms with van der Waals surface area (Å²) in [6.07, 6.45) is 2.95. The third kappa shape index (κ3) is 3.06. The van der Waals surface area contributed by atoms with Crippen LogP contribution in [0, 0.1) is 11.3 Å². The minimum absolute atomic E-state index is 0.510. The average molecular weight is 233 g/mol. The molecule has 1 aromatic rings. The molecular formula is C12H19N5. The van der Waals surface area contributed by atoms with Gasteiger partial charge in [-0.3, -0.25) is 0 Å². The summed E-state index contributed by atoms with van der Waals surface area (Å²) in [5, 5.41) is 11.7. The zero-order valence-corrected chi connectivity index (χ0v) is 10.7. The molecule has 0 aliphatic carbocycles. The molecule has 0 aromatic carbocycles. The molecule has 0 amide bonds. The number of hydrogen-bond donors (Lipinski definition) is 1. The Morgan fingerprint density at radius 3 is 2.71 bits per heavy atom. The van der Waals surface area contributed by atoms with Crippen LogP contribution in [0.1, 0.15) is 25.8 Å². The molecule has 5 nitrogen and oxygen atoms in total. The van der Waals surface area contributed by atoms with E-state index in [2.05, 4.69) is 40.1 Å². The first-order valence-electron chi connectivity index (χ1n) is 5.91. The van der Waals surface area contributed by atoms with Crippen molar-refractivity contribution in [3.05, 3.63) is 11.9 Å². The fraction of sp³-hybridized carbons (Fsp3) is 0.583. The molecule has 0 bridgehead atoms. The van der Waals surface area contributed by atoms with E-state index >= 15 is 0 Å². The maximum Gasteiger partial charge on any atom is 0.137 e. The minimum Gasteiger partial charge on any atom is -0.373 e. The second-order valence-corrected chi connectivity index (χ2v) is 3.62. The molecule has 17 heavy (non-hydrogen) atoms. The Morgan fingerprint density at radius 2 is 2.18 bits per heavy atom. The lowest BCUT2D eigenvalue weighted by molar-refractivity contribution is 0.797. The monoisotopic (exact) mass is 233 g/mol. The summed E-state index contributed by atoms with van der Waals surface area (Å²) in [5.74, 6) is 1.80. The van der Waals surface area contributed by atoms with Gasteiger partial charge in [0.05, 0.1) is 12.5 Å². The van der Waals surface area contributed by atoms with Gasteiger partial charge in [-0.15, -0.1) is 0 Å². The molecule has 0 saturated heterocycles. The summed E-state index contributed by atoms with van der Waals surface area (Å²) in [7, 11) is 1.86. The van der Waals surface area contributed by atoms with Gasteiger partial charge in [0.25, 0.3) is 0 Å². The van der Waals surface area contributed by atoms with E-state index in [1.54, 1.807) is 6.33 Å². The van der Waals surface area contributed by atoms with E-state index in [0.29, 0.717) is 13.0 Å². The van der Waals surface area contributed by atoms with Crippen LogP contribution in [-0.2, 0) is 6.42 Å². The molecule has 0 radical (unpaired) electrons. The Hall–Kier alpha value is -1.83. The number of rotatable bonds is 6. The number of aromatic nitrogens is 2. The minimum atomic E-state index is 0.510. The predicted octanol–water partition coefficient (Wildman–Crippen LogP) is 1.82. The van der Waals surface area contributed by atoms with Gasteiger partial charge in [0, 0.05) is 25.7 Å². The Balaban J connectivity index is 3.05. The average Bonchev–Trinajstić information content (AvgIpc) is 2.39. The van der Waals surface area contributed by atoms with E-state index in [1.807, 2.05) is 7.05 Å². The highest BCUT2D eigenvalue weighted by Crippen LogP contribution is 2.23. The highest BCUT2D eigenvalue weighted by Gasteiger charge is 2.13. The second kappa shape index (κ2) is 6.69. The molecule has 5 heteroatoms. The van der Waals surface area contributed by atoms with Crippen LogP contribution in [0.5, 0.6) is 0 Å². The molecule has 1 heterocycles. The van der Waals surface area contributed by atoms with Crippen LogP contribution in [0.2, 0.25) is 0 Å². The lowest BCUT2D eigenvalue weighted by Gasteiger charge is -2.23. The molecular weight excluding hydrogens is 214 g/mol. The van der Waals surface area contributed by atoms with Crippen LogP contribution in [0.15, 0.2) is 6.33 Å². The molecule has 0 saturated carbocycles. The Bertz CT molecular complexity index is 396. The molecule has 0 atom stereocenters. The van der Waals surface area contributed by atoms with Gasteiger partial charge in [-0.25, -0.2) is 9.97 Å². The highest BCUT2D eigenvalue weighted by atomic mass is 15.2. The van der Waals surface area contributed by atoms with E-state index in [1.165, 1.54) is 0 Å². The summed E-state index contributed by atoms with van der Waals surface area (Å²) in [5.41, 5.74) is 1.11. The van der Waals surface area contributed by atoms with Gasteiger partial charge < -0.3 is 10.2 Å². The van der Waals surface area contributed by atoms with Crippen molar-refractivity contribution < 1.29 is 0 Å². The molecule has 1 aromatic heterocycles. The Kier molecular flexibility index (Phi) is 5.21. The summed E-state index contributed by atoms with van der Waals surface area (Å²) in [4.78, 5) is 10.7. The van der Waals surface area contributed by atoms with Crippen molar-refractivity contribution in [1.29, 1.82) is 5.26 Å². The summed E-state index contributed by atoms with van der Waals surface area (Å²) in [6.45, 7) is 5.70. The second-order valence-electron chi connectivity index (χ2n) is 3.62. The molecule has 92 valence electrons. The Morgan fingerprint density at radius 1 is 1.41 bits per heavy atom. The van der Waals surface area contributed by atoms with E-state index in [9.17, 15) is 0 Å². The molecule has 0 fully saturated rings. The molecule has 0 aliphatic rings. The zero-order valence-electron chi connectivity index (χ0n) is 10.7. The highest BCUT2D eigenvalue weighted by molar-refractivity contribution is 5.58. The van der Waals surface area contributed by atoms with Crippen molar-refractivity contribution in [2.24, 2.45) is 0 Å². The van der Waals surface area contributed by atoms with E-state index < -0.39 is 0 Å². The summed E-state index contributed by atoms with van der Waals surface area (Å²) >= 11 is 0. The van der Waals surface area contributed by atoms with Crippen molar-refractivity contribution in [3.8, 4) is 6.07 Å². The van der Waals surface area contributed by atoms with Gasteiger partial charge in [0.15, 0.2) is 0 Å². The molecule has 0 aliphatic heterocycles. The molecule has 1 rings (SSSR count). The quantitative estimate of drug-likeness (QED) is 0.812. The topological polar surface area (TPSA) is 64.8 Å². The molecule has 0 spiro atoms. The number of hydrogen-bond acceptors (Lipinski definition) is 5. The van der Waals surface area contributed by atoms with Gasteiger partial charge in [-0.05, 0) is 13.3 Å². The first-order chi connectivity index (χ1) is 8.28. The fourth-order valence-electron chi connectivity index (χ4n) is 1.82. The van der Waals surface area contributed by atoms with E-state index in [0.717, 1.165) is 30.2 Å². The standard InChI is InChI=1S/C12H19N5/c1-4-10-11(14-3)15-9-16-12(10)17(5-2)8-6-7-13/h9H,4-6,8H2,1-3H3,(H,14,15,16). The summed E-state index contributed by atoms with van der Waals surface area (Å²) < 4.78 is 0. The van der Waals surface area contributed by atoms with Gasteiger partial charge in [-0.1, -0.05) is 6.92 Å². The van der Waals surface area contributed by atoms with Crippen molar-refractivity contribution >= 4 is 11.6 Å². The van der Waals surface area contributed by atoms with Gasteiger partial charge in [0.2, 0.25) is 0 Å². The van der Waals surface area contributed by atoms with Crippen LogP contribution in [0.3, 0.4) is 0 Å². The number of nitrogens with one attached hydrogen (secondary N) is 1. The SMILES string of the molecule is CCc1c(NC)ncnc1N(CC)CCC#N. The van der Waals surface area contributed by atoms with Gasteiger partial charge in [0.1, 0.15) is 18.0 Å². The number of nitriles is 1. The molecule has 0 unspecified atom stereocenters. The first kappa shape index (κ1) is 13.2. The lowest BCUT2D eigenvalue weighted by Crippen LogP contribution is -2.26. The first-order valence-corrected chi connectivity index (χ1v) is 5.91. The lowest BCUT2D eigenvalue weighted by atomic mass is 10.2. The van der Waals surface area contributed by atoms with Crippen LogP contribution in [0.4, 0.5) is 11.6 Å². The van der Waals surface area contributed by atoms with E-state index in [-0.39, 0.29) is 0 Å². The smallest absolute Gasteiger partial charge is 0.137 e. The summed E-state index contributed by atoms with van der Waals surface area (Å²) in [6, 6.07) is 2.17. The van der Waals surface area contributed by atoms with E-state index in [4.69, 9.17) is 5.26 Å². The van der Waals surface area contributed by atoms with Crippen LogP contribution in [0.25, 0.3) is 0 Å². The third-order valence-corrected chi connectivity index (χ3v) is 2.69. The maximum absolute atomic E-state index is 8.66. The van der Waals surface area contributed by atoms with Gasteiger partial charge >= 0.3 is 0 Å². The maximum atomic E-state index is 8.66. The van der Waals surface area contributed by atoms with Crippen LogP contribution < -0.4 is 10.2 Å². The van der Waals surface area contributed by atoms with Crippen molar-refractivity contribution in [2.75, 3.05) is 30.4 Å². The third-order valence-electron chi connectivity index (χ3n) is 2.69. The zero-order chi connectivity index (χ0) is 12.7. The number of anilines is 2. The normalized spacial score (nSPS) is 9.76. The fourth-order valence-corrected chi connectivity index (χ4v) is 1.82. The predicted molar refractivity (Wildman–Crippen MR) is 69.1 cm³/mol. The van der Waals surface area contributed by atoms with Gasteiger partial charge in [-0.2, -0.15) is 5.26 Å². The number of nitrogens with zero attached hydrogens (tertiary/aromatic N) is 4. The van der Waals surface area contributed by atoms with Crippen molar-refractivity contribution in [2.45, 2.75) is 26.7 Å². The van der Waals surface area contributed by atoms with Crippen molar-refractivity contribution in [3.63, 3.8) is 0 Å². The Labute approximate surface area is 102 Å². The van der Waals surface area contributed by atoms with Crippen LogP contribution >= 0.6 is 0 Å². The molecule has 1 N–H and O–H groups in total.